The van der Waals surface area contributed by atoms with Gasteiger partial charge in [0, 0.05) is 17.5 Å². The van der Waals surface area contributed by atoms with E-state index >= 15 is 0 Å². The number of carbonyl (C=O) groups is 1. The van der Waals surface area contributed by atoms with Crippen molar-refractivity contribution in [1.29, 1.82) is 0 Å². The Balaban J connectivity index is 1.70. The fraction of sp³-hybridized carbons (Fsp3) is 0.516. The number of allylic oxidation sites excluding steroid dienone is 4. The molecule has 0 aromatic heterocycles. The highest BCUT2D eigenvalue weighted by Crippen LogP contribution is 2.46. The van der Waals surface area contributed by atoms with E-state index < -0.39 is 6.29 Å². The maximum atomic E-state index is 13.2. The first-order chi connectivity index (χ1) is 16.7. The zero-order valence-electron chi connectivity index (χ0n) is 21.8. The van der Waals surface area contributed by atoms with Crippen LogP contribution in [0.15, 0.2) is 79.4 Å². The van der Waals surface area contributed by atoms with E-state index in [1.165, 1.54) is 11.1 Å². The lowest BCUT2D eigenvalue weighted by atomic mass is 9.64. The molecule has 2 fully saturated rings. The van der Waals surface area contributed by atoms with E-state index in [9.17, 15) is 9.90 Å². The third-order valence-corrected chi connectivity index (χ3v) is 8.36. The van der Waals surface area contributed by atoms with Crippen molar-refractivity contribution in [3.63, 3.8) is 0 Å². The van der Waals surface area contributed by atoms with Crippen molar-refractivity contribution < 1.29 is 14.6 Å². The van der Waals surface area contributed by atoms with Crippen molar-refractivity contribution in [1.82, 2.24) is 4.90 Å². The Kier molecular flexibility index (Phi) is 8.95. The summed E-state index contributed by atoms with van der Waals surface area (Å²) in [5.41, 5.74) is 2.65. The maximum Gasteiger partial charge on any atom is 0.250 e. The zero-order valence-corrected chi connectivity index (χ0v) is 21.8. The summed E-state index contributed by atoms with van der Waals surface area (Å²) >= 11 is 0. The van der Waals surface area contributed by atoms with Crippen LogP contribution in [0.5, 0.6) is 0 Å². The second kappa shape index (κ2) is 11.5. The highest BCUT2D eigenvalue weighted by Gasteiger charge is 2.42. The zero-order chi connectivity index (χ0) is 25.6. The van der Waals surface area contributed by atoms with Gasteiger partial charge in [0.2, 0.25) is 5.91 Å². The molecule has 1 heterocycles. The molecular weight excluding hydrogens is 434 g/mol. The minimum atomic E-state index is -0.990. The van der Waals surface area contributed by atoms with Crippen LogP contribution in [0.1, 0.15) is 71.3 Å². The van der Waals surface area contributed by atoms with Crippen molar-refractivity contribution in [3.05, 3.63) is 85.0 Å². The van der Waals surface area contributed by atoms with Gasteiger partial charge in [-0.15, -0.1) is 0 Å². The van der Waals surface area contributed by atoms with E-state index in [0.717, 1.165) is 44.9 Å². The highest BCUT2D eigenvalue weighted by atomic mass is 16.6. The normalized spacial score (nSPS) is 26.3. The van der Waals surface area contributed by atoms with E-state index in [1.54, 1.807) is 4.90 Å². The number of nitrogens with zero attached hydrogens (tertiary/aromatic N) is 1. The first-order valence-corrected chi connectivity index (χ1v) is 13.0. The van der Waals surface area contributed by atoms with Crippen LogP contribution in [-0.4, -0.2) is 40.9 Å². The average Bonchev–Trinajstić information content (AvgIpc) is 3.38. The number of benzene rings is 1. The summed E-state index contributed by atoms with van der Waals surface area (Å²) in [6, 6.07) is 10.2. The monoisotopic (exact) mass is 477 g/mol. The fourth-order valence-corrected chi connectivity index (χ4v) is 5.58. The Bertz CT molecular complexity index is 937. The summed E-state index contributed by atoms with van der Waals surface area (Å²) in [6.45, 7) is 18.9. The number of aliphatic hydroxyl groups excluding tert-OH is 1. The van der Waals surface area contributed by atoms with Gasteiger partial charge in [-0.1, -0.05) is 89.1 Å². The molecule has 1 aromatic carbocycles. The van der Waals surface area contributed by atoms with Crippen LogP contribution in [0.4, 0.5) is 0 Å². The molecule has 1 aromatic rings. The van der Waals surface area contributed by atoms with Gasteiger partial charge in [0.1, 0.15) is 0 Å². The van der Waals surface area contributed by atoms with Crippen LogP contribution in [0.3, 0.4) is 0 Å². The smallest absolute Gasteiger partial charge is 0.250 e. The number of rotatable bonds is 10. The Labute approximate surface area is 212 Å². The molecule has 1 aliphatic carbocycles. The lowest BCUT2D eigenvalue weighted by Gasteiger charge is -2.43. The molecule has 0 spiro atoms. The van der Waals surface area contributed by atoms with Gasteiger partial charge in [-0.25, -0.2) is 0 Å². The van der Waals surface area contributed by atoms with Gasteiger partial charge in [-0.2, -0.15) is 0 Å². The van der Waals surface area contributed by atoms with E-state index in [1.807, 2.05) is 32.1 Å². The van der Waals surface area contributed by atoms with Gasteiger partial charge in [-0.05, 0) is 61.5 Å². The molecule has 35 heavy (non-hydrogen) atoms. The molecule has 1 N–H and O–H groups in total. The summed E-state index contributed by atoms with van der Waals surface area (Å²) in [5.74, 6) is -0.0566. The SMILES string of the molecule is C=C/C=C(\C=C)C1(c2ccccc2)CCC(O[C@@H](O)C2CCCN2C(=O)C(=C)C(C)(C)CC)CC1. The molecule has 1 saturated heterocycles. The van der Waals surface area contributed by atoms with Crippen molar-refractivity contribution in [2.75, 3.05) is 6.54 Å². The number of likely N-dealkylation sites (tertiary alicyclic amines) is 1. The molecule has 4 heteroatoms. The van der Waals surface area contributed by atoms with Gasteiger partial charge in [0.15, 0.2) is 6.29 Å². The molecular formula is C31H43NO3. The summed E-state index contributed by atoms with van der Waals surface area (Å²) in [5, 5.41) is 11.1. The van der Waals surface area contributed by atoms with E-state index in [4.69, 9.17) is 4.74 Å². The topological polar surface area (TPSA) is 49.8 Å². The quantitative estimate of drug-likeness (QED) is 0.238. The number of ether oxygens (including phenoxy) is 1. The van der Waals surface area contributed by atoms with Crippen LogP contribution >= 0.6 is 0 Å². The molecule has 1 aliphatic heterocycles. The van der Waals surface area contributed by atoms with Gasteiger partial charge in [0.05, 0.1) is 12.1 Å². The number of hydrogen-bond donors (Lipinski definition) is 1. The predicted molar refractivity (Wildman–Crippen MR) is 144 cm³/mol. The van der Waals surface area contributed by atoms with Crippen molar-refractivity contribution in [3.8, 4) is 0 Å². The number of carbonyl (C=O) groups excluding carboxylic acids is 1. The first-order valence-electron chi connectivity index (χ1n) is 13.0. The van der Waals surface area contributed by atoms with Crippen LogP contribution in [-0.2, 0) is 14.9 Å². The van der Waals surface area contributed by atoms with Gasteiger partial charge in [0.25, 0.3) is 0 Å². The second-order valence-electron chi connectivity index (χ2n) is 10.7. The van der Waals surface area contributed by atoms with E-state index in [2.05, 4.69) is 57.0 Å². The molecule has 4 nitrogen and oxygen atoms in total. The minimum Gasteiger partial charge on any atom is -0.366 e. The van der Waals surface area contributed by atoms with Gasteiger partial charge in [-0.3, -0.25) is 4.79 Å². The van der Waals surface area contributed by atoms with E-state index in [-0.39, 0.29) is 28.9 Å². The van der Waals surface area contributed by atoms with Crippen LogP contribution in [0, 0.1) is 5.41 Å². The number of amides is 1. The summed E-state index contributed by atoms with van der Waals surface area (Å²) in [6.07, 6.45) is 10.7. The Hall–Kier alpha value is -2.43. The van der Waals surface area contributed by atoms with Gasteiger partial charge < -0.3 is 14.7 Å². The number of aliphatic hydroxyl groups is 1. The fourth-order valence-electron chi connectivity index (χ4n) is 5.58. The summed E-state index contributed by atoms with van der Waals surface area (Å²) in [4.78, 5) is 15.0. The molecule has 1 amide bonds. The standard InChI is InChI=1S/C31H43NO3/c1-7-14-24(8-2)31(25-15-11-10-12-16-25)20-18-26(19-21-31)35-29(34)27-17-13-22-32(27)28(33)23(4)30(5,6)9-3/h7-8,10-12,14-16,26-27,29,34H,1-2,4,9,13,17-22H2,3,5-6H3/b24-14+/t26?,27?,29-,31?/m1/s1. The lowest BCUT2D eigenvalue weighted by Crippen LogP contribution is -2.47. The Morgan fingerprint density at radius 2 is 1.89 bits per heavy atom. The van der Waals surface area contributed by atoms with E-state index in [0.29, 0.717) is 12.1 Å². The van der Waals surface area contributed by atoms with Crippen molar-refractivity contribution >= 4 is 5.91 Å². The molecule has 1 saturated carbocycles. The third kappa shape index (κ3) is 5.70. The molecule has 3 rings (SSSR count). The molecule has 2 aliphatic rings. The predicted octanol–water partition coefficient (Wildman–Crippen LogP) is 6.48. The summed E-state index contributed by atoms with van der Waals surface area (Å²) in [7, 11) is 0. The second-order valence-corrected chi connectivity index (χ2v) is 10.7. The first kappa shape index (κ1) is 27.2. The molecule has 0 bridgehead atoms. The molecule has 0 radical (unpaired) electrons. The van der Waals surface area contributed by atoms with Crippen LogP contribution < -0.4 is 0 Å². The molecule has 190 valence electrons. The van der Waals surface area contributed by atoms with Crippen LogP contribution in [0.25, 0.3) is 0 Å². The molecule has 1 unspecified atom stereocenters. The summed E-state index contributed by atoms with van der Waals surface area (Å²) < 4.78 is 6.22. The average molecular weight is 478 g/mol. The largest absolute Gasteiger partial charge is 0.366 e. The Morgan fingerprint density at radius 3 is 2.46 bits per heavy atom. The minimum absolute atomic E-state index is 0.0514. The van der Waals surface area contributed by atoms with Crippen molar-refractivity contribution in [2.24, 2.45) is 5.41 Å². The van der Waals surface area contributed by atoms with Crippen LogP contribution in [0.2, 0.25) is 0 Å². The third-order valence-electron chi connectivity index (χ3n) is 8.36. The Morgan fingerprint density at radius 1 is 1.23 bits per heavy atom. The maximum absolute atomic E-state index is 13.2. The number of hydrogen-bond acceptors (Lipinski definition) is 3. The highest BCUT2D eigenvalue weighted by molar-refractivity contribution is 5.94. The van der Waals surface area contributed by atoms with Gasteiger partial charge >= 0.3 is 0 Å². The lowest BCUT2D eigenvalue weighted by molar-refractivity contribution is -0.179. The van der Waals surface area contributed by atoms with Crippen molar-refractivity contribution in [2.45, 2.75) is 89.6 Å². The molecule has 2 atom stereocenters.